The van der Waals surface area contributed by atoms with Gasteiger partial charge in [0.15, 0.2) is 0 Å². The topological polar surface area (TPSA) is 51.4 Å². The number of aryl methyl sites for hydroxylation is 2. The molecule has 2 aliphatic rings. The van der Waals surface area contributed by atoms with Crippen LogP contribution in [0.2, 0.25) is 0 Å². The van der Waals surface area contributed by atoms with E-state index in [4.69, 9.17) is 9.15 Å². The Morgan fingerprint density at radius 3 is 2.46 bits per heavy atom. The molecular formula is C19H25N3O2. The Hall–Kier alpha value is -1.88. The fraction of sp³-hybridized carbons (Fsp3) is 0.579. The third-order valence-electron chi connectivity index (χ3n) is 5.00. The highest BCUT2D eigenvalue weighted by atomic mass is 16.5. The summed E-state index contributed by atoms with van der Waals surface area (Å²) in [6.45, 7) is 7.01. The molecule has 0 atom stereocenters. The van der Waals surface area contributed by atoms with Crippen LogP contribution in [0.4, 0.5) is 0 Å². The van der Waals surface area contributed by atoms with Crippen LogP contribution in [-0.4, -0.2) is 34.3 Å². The van der Waals surface area contributed by atoms with Gasteiger partial charge < -0.3 is 9.15 Å². The summed E-state index contributed by atoms with van der Waals surface area (Å²) in [6.07, 6.45) is 4.77. The van der Waals surface area contributed by atoms with Crippen molar-refractivity contribution >= 4 is 0 Å². The highest BCUT2D eigenvalue weighted by Gasteiger charge is 2.30. The summed E-state index contributed by atoms with van der Waals surface area (Å²) in [5.41, 5.74) is 2.44. The fourth-order valence-electron chi connectivity index (χ4n) is 3.35. The van der Waals surface area contributed by atoms with E-state index in [-0.39, 0.29) is 0 Å². The smallest absolute Gasteiger partial charge is 0.230 e. The average molecular weight is 327 g/mol. The Morgan fingerprint density at radius 1 is 1.08 bits per heavy atom. The van der Waals surface area contributed by atoms with E-state index in [2.05, 4.69) is 47.1 Å². The molecule has 1 saturated heterocycles. The van der Waals surface area contributed by atoms with Crippen molar-refractivity contribution in [1.29, 1.82) is 0 Å². The molecule has 4 rings (SSSR count). The molecule has 1 aromatic heterocycles. The second-order valence-electron chi connectivity index (χ2n) is 7.12. The van der Waals surface area contributed by atoms with Gasteiger partial charge in [0.25, 0.3) is 0 Å². The van der Waals surface area contributed by atoms with Crippen LogP contribution < -0.4 is 4.74 Å². The lowest BCUT2D eigenvalue weighted by molar-refractivity contribution is 0.0906. The fourth-order valence-corrected chi connectivity index (χ4v) is 3.35. The van der Waals surface area contributed by atoms with Crippen LogP contribution in [0.5, 0.6) is 5.75 Å². The molecule has 0 radical (unpaired) electrons. The second-order valence-corrected chi connectivity index (χ2v) is 7.12. The zero-order chi connectivity index (χ0) is 16.5. The lowest BCUT2D eigenvalue weighted by atomic mass is 10.1. The van der Waals surface area contributed by atoms with Gasteiger partial charge in [-0.3, -0.25) is 4.90 Å². The molecule has 5 nitrogen and oxygen atoms in total. The van der Waals surface area contributed by atoms with Gasteiger partial charge in [-0.15, -0.1) is 10.2 Å². The number of hydrogen-bond donors (Lipinski definition) is 0. The molecule has 2 fully saturated rings. The van der Waals surface area contributed by atoms with Crippen LogP contribution in [0.3, 0.4) is 0 Å². The number of ether oxygens (including phenoxy) is 1. The van der Waals surface area contributed by atoms with Crippen molar-refractivity contribution in [3.63, 3.8) is 0 Å². The van der Waals surface area contributed by atoms with E-state index >= 15 is 0 Å². The second kappa shape index (κ2) is 6.55. The van der Waals surface area contributed by atoms with Gasteiger partial charge in [0.1, 0.15) is 11.9 Å². The van der Waals surface area contributed by atoms with Crippen molar-refractivity contribution in [2.75, 3.05) is 13.1 Å². The largest absolute Gasteiger partial charge is 0.490 e. The van der Waals surface area contributed by atoms with E-state index < -0.39 is 0 Å². The molecule has 0 N–H and O–H groups in total. The Kier molecular flexibility index (Phi) is 4.27. The third kappa shape index (κ3) is 3.46. The van der Waals surface area contributed by atoms with E-state index in [9.17, 15) is 0 Å². The standard InChI is InChI=1S/C19H25N3O2/c1-13-4-3-5-14(2)18(13)23-16-8-10-22(11-9-16)12-17-20-21-19(24-17)15-6-7-15/h3-5,15-16H,6-12H2,1-2H3. The molecule has 24 heavy (non-hydrogen) atoms. The predicted molar refractivity (Wildman–Crippen MR) is 91.1 cm³/mol. The minimum Gasteiger partial charge on any atom is -0.490 e. The normalized spacial score (nSPS) is 19.6. The number of likely N-dealkylation sites (tertiary alicyclic amines) is 1. The van der Waals surface area contributed by atoms with Gasteiger partial charge in [0, 0.05) is 19.0 Å². The maximum absolute atomic E-state index is 6.28. The summed E-state index contributed by atoms with van der Waals surface area (Å²) < 4.78 is 12.1. The summed E-state index contributed by atoms with van der Waals surface area (Å²) >= 11 is 0. The van der Waals surface area contributed by atoms with Gasteiger partial charge in [0.05, 0.1) is 6.54 Å². The highest BCUT2D eigenvalue weighted by molar-refractivity contribution is 5.39. The number of nitrogens with zero attached hydrogens (tertiary/aromatic N) is 3. The number of hydrogen-bond acceptors (Lipinski definition) is 5. The summed E-state index contributed by atoms with van der Waals surface area (Å²) in [6, 6.07) is 6.31. The minimum atomic E-state index is 0.297. The first-order valence-corrected chi connectivity index (χ1v) is 8.96. The monoisotopic (exact) mass is 327 g/mol. The quantitative estimate of drug-likeness (QED) is 0.840. The van der Waals surface area contributed by atoms with E-state index in [1.807, 2.05) is 0 Å². The Morgan fingerprint density at radius 2 is 1.79 bits per heavy atom. The minimum absolute atomic E-state index is 0.297. The molecular weight excluding hydrogens is 302 g/mol. The summed E-state index contributed by atoms with van der Waals surface area (Å²) in [5.74, 6) is 3.17. The van der Waals surface area contributed by atoms with Crippen LogP contribution in [0.25, 0.3) is 0 Å². The van der Waals surface area contributed by atoms with Crippen LogP contribution in [-0.2, 0) is 6.54 Å². The molecule has 2 heterocycles. The third-order valence-corrected chi connectivity index (χ3v) is 5.00. The van der Waals surface area contributed by atoms with Crippen LogP contribution in [0.1, 0.15) is 54.5 Å². The molecule has 0 spiro atoms. The zero-order valence-electron chi connectivity index (χ0n) is 14.5. The summed E-state index contributed by atoms with van der Waals surface area (Å²) in [4.78, 5) is 2.38. The lowest BCUT2D eigenvalue weighted by Crippen LogP contribution is -2.38. The number of para-hydroxylation sites is 1. The number of benzene rings is 1. The average Bonchev–Trinajstić information content (AvgIpc) is 3.33. The molecule has 1 aliphatic carbocycles. The molecule has 1 saturated carbocycles. The van der Waals surface area contributed by atoms with E-state index in [1.165, 1.54) is 24.0 Å². The molecule has 1 aromatic carbocycles. The molecule has 5 heteroatoms. The molecule has 0 amide bonds. The predicted octanol–water partition coefficient (Wildman–Crippen LogP) is 3.61. The zero-order valence-corrected chi connectivity index (χ0v) is 14.5. The maximum Gasteiger partial charge on any atom is 0.230 e. The van der Waals surface area contributed by atoms with E-state index in [0.717, 1.165) is 50.0 Å². The maximum atomic E-state index is 6.28. The van der Waals surface area contributed by atoms with Crippen molar-refractivity contribution < 1.29 is 9.15 Å². The van der Waals surface area contributed by atoms with Crippen molar-refractivity contribution in [2.24, 2.45) is 0 Å². The van der Waals surface area contributed by atoms with Gasteiger partial charge in [-0.05, 0) is 50.7 Å². The van der Waals surface area contributed by atoms with E-state index in [0.29, 0.717) is 12.0 Å². The van der Waals surface area contributed by atoms with Gasteiger partial charge in [0.2, 0.25) is 11.8 Å². The highest BCUT2D eigenvalue weighted by Crippen LogP contribution is 2.39. The molecule has 128 valence electrons. The Balaban J connectivity index is 1.30. The SMILES string of the molecule is Cc1cccc(C)c1OC1CCN(Cc2nnc(C3CC3)o2)CC1. The number of aromatic nitrogens is 2. The van der Waals surface area contributed by atoms with Gasteiger partial charge >= 0.3 is 0 Å². The summed E-state index contributed by atoms with van der Waals surface area (Å²) in [7, 11) is 0. The Labute approximate surface area is 143 Å². The summed E-state index contributed by atoms with van der Waals surface area (Å²) in [5, 5.41) is 8.36. The first-order chi connectivity index (χ1) is 11.7. The molecule has 2 aromatic rings. The van der Waals surface area contributed by atoms with Gasteiger partial charge in [-0.25, -0.2) is 0 Å². The van der Waals surface area contributed by atoms with Crippen LogP contribution in [0.15, 0.2) is 22.6 Å². The first-order valence-electron chi connectivity index (χ1n) is 8.96. The molecule has 1 aliphatic heterocycles. The molecule has 0 unspecified atom stereocenters. The first kappa shape index (κ1) is 15.6. The van der Waals surface area contributed by atoms with Crippen molar-refractivity contribution in [3.05, 3.63) is 41.1 Å². The van der Waals surface area contributed by atoms with Gasteiger partial charge in [-0.1, -0.05) is 18.2 Å². The number of piperidine rings is 1. The lowest BCUT2D eigenvalue weighted by Gasteiger charge is -2.31. The molecule has 0 bridgehead atoms. The van der Waals surface area contributed by atoms with E-state index in [1.54, 1.807) is 0 Å². The van der Waals surface area contributed by atoms with Crippen molar-refractivity contribution in [2.45, 2.75) is 58.1 Å². The van der Waals surface area contributed by atoms with Gasteiger partial charge in [-0.2, -0.15) is 0 Å². The van der Waals surface area contributed by atoms with Crippen LogP contribution in [0, 0.1) is 13.8 Å². The number of rotatable bonds is 5. The van der Waals surface area contributed by atoms with Crippen LogP contribution >= 0.6 is 0 Å². The van der Waals surface area contributed by atoms with Crippen molar-refractivity contribution in [1.82, 2.24) is 15.1 Å². The Bertz CT molecular complexity index is 680. The van der Waals surface area contributed by atoms with Crippen molar-refractivity contribution in [3.8, 4) is 5.75 Å².